The Morgan fingerprint density at radius 3 is 2.55 bits per heavy atom. The highest BCUT2D eigenvalue weighted by molar-refractivity contribution is 5.27. The first-order chi connectivity index (χ1) is 10.8. The predicted octanol–water partition coefficient (Wildman–Crippen LogP) is 3.50. The van der Waals surface area contributed by atoms with Crippen LogP contribution in [-0.2, 0) is 19.5 Å². The number of benzene rings is 1. The van der Waals surface area contributed by atoms with Crippen LogP contribution in [0.2, 0.25) is 0 Å². The predicted molar refractivity (Wildman–Crippen MR) is 85.8 cm³/mol. The van der Waals surface area contributed by atoms with Gasteiger partial charge in [-0.1, -0.05) is 12.1 Å². The van der Waals surface area contributed by atoms with Gasteiger partial charge in [0.25, 0.3) is 0 Å². The molecule has 0 atom stereocenters. The Bertz CT molecular complexity index is 684. The van der Waals surface area contributed by atoms with Crippen molar-refractivity contribution in [2.24, 2.45) is 0 Å². The molecule has 0 aliphatic rings. The molecule has 0 amide bonds. The monoisotopic (exact) mass is 296 g/mol. The molecule has 0 saturated carbocycles. The third kappa shape index (κ3) is 3.80. The van der Waals surface area contributed by atoms with Gasteiger partial charge >= 0.3 is 0 Å². The highest BCUT2D eigenvalue weighted by atomic mass is 16.5. The van der Waals surface area contributed by atoms with Crippen molar-refractivity contribution >= 4 is 0 Å². The zero-order valence-electron chi connectivity index (χ0n) is 12.6. The lowest BCUT2D eigenvalue weighted by molar-refractivity contribution is 0.414. The second-order valence-corrected chi connectivity index (χ2v) is 5.22. The summed E-state index contributed by atoms with van der Waals surface area (Å²) in [6, 6.07) is 16.2. The smallest absolute Gasteiger partial charge is 0.118 e. The maximum Gasteiger partial charge on any atom is 0.118 e. The van der Waals surface area contributed by atoms with Gasteiger partial charge in [0.05, 0.1) is 13.4 Å². The van der Waals surface area contributed by atoms with Crippen LogP contribution in [0, 0.1) is 0 Å². The number of hydrogen-bond acceptors (Lipinski definition) is 3. The van der Waals surface area contributed by atoms with E-state index in [-0.39, 0.29) is 0 Å². The Balaban J connectivity index is 1.48. The Morgan fingerprint density at radius 2 is 1.82 bits per heavy atom. The number of hydrogen-bond donors (Lipinski definition) is 2. The minimum absolute atomic E-state index is 0.797. The van der Waals surface area contributed by atoms with E-state index in [9.17, 15) is 0 Å². The Morgan fingerprint density at radius 1 is 1.00 bits per heavy atom. The molecule has 22 heavy (non-hydrogen) atoms. The molecule has 2 aromatic heterocycles. The van der Waals surface area contributed by atoms with Crippen LogP contribution in [0.3, 0.4) is 0 Å². The molecule has 4 nitrogen and oxygen atoms in total. The summed E-state index contributed by atoms with van der Waals surface area (Å²) in [7, 11) is 1.68. The van der Waals surface area contributed by atoms with Gasteiger partial charge in [-0.15, -0.1) is 0 Å². The van der Waals surface area contributed by atoms with E-state index in [4.69, 9.17) is 9.15 Å². The van der Waals surface area contributed by atoms with Crippen LogP contribution < -0.4 is 10.1 Å². The fraction of sp³-hybridized carbons (Fsp3) is 0.222. The molecule has 3 aromatic rings. The Kier molecular flexibility index (Phi) is 4.61. The quantitative estimate of drug-likeness (QED) is 0.701. The van der Waals surface area contributed by atoms with E-state index in [1.807, 2.05) is 24.3 Å². The van der Waals surface area contributed by atoms with Crippen LogP contribution in [0.4, 0.5) is 0 Å². The lowest BCUT2D eigenvalue weighted by Crippen LogP contribution is -2.12. The van der Waals surface area contributed by atoms with Crippen molar-refractivity contribution in [2.75, 3.05) is 7.11 Å². The van der Waals surface area contributed by atoms with Crippen molar-refractivity contribution in [1.29, 1.82) is 0 Å². The second kappa shape index (κ2) is 7.00. The number of rotatable bonds is 7. The number of H-pyrrole nitrogens is 1. The standard InChI is InChI=1S/C18H20N2O2/c1-21-17-8-4-14(5-9-17)12-19-13-16-7-6-15(20-16)11-18-3-2-10-22-18/h2-10,19-20H,11-13H2,1H3. The third-order valence-electron chi connectivity index (χ3n) is 3.56. The van der Waals surface area contributed by atoms with Crippen molar-refractivity contribution in [3.8, 4) is 5.75 Å². The van der Waals surface area contributed by atoms with E-state index in [0.29, 0.717) is 0 Å². The summed E-state index contributed by atoms with van der Waals surface area (Å²) in [5.74, 6) is 1.86. The van der Waals surface area contributed by atoms with Crippen molar-refractivity contribution in [2.45, 2.75) is 19.5 Å². The van der Waals surface area contributed by atoms with Gasteiger partial charge in [-0.05, 0) is 42.0 Å². The summed E-state index contributed by atoms with van der Waals surface area (Å²) in [4.78, 5) is 3.41. The molecule has 0 aliphatic heterocycles. The molecule has 4 heteroatoms. The zero-order chi connectivity index (χ0) is 15.2. The first-order valence-corrected chi connectivity index (χ1v) is 7.36. The summed E-state index contributed by atoms with van der Waals surface area (Å²) >= 11 is 0. The van der Waals surface area contributed by atoms with E-state index in [1.54, 1.807) is 13.4 Å². The molecule has 0 bridgehead atoms. The highest BCUT2D eigenvalue weighted by Gasteiger charge is 2.02. The van der Waals surface area contributed by atoms with Crippen LogP contribution in [0.5, 0.6) is 5.75 Å². The first-order valence-electron chi connectivity index (χ1n) is 7.36. The molecule has 3 rings (SSSR count). The largest absolute Gasteiger partial charge is 0.497 e. The molecule has 0 fully saturated rings. The lowest BCUT2D eigenvalue weighted by atomic mass is 10.2. The van der Waals surface area contributed by atoms with Crippen LogP contribution >= 0.6 is 0 Å². The van der Waals surface area contributed by atoms with Crippen molar-refractivity contribution in [3.63, 3.8) is 0 Å². The van der Waals surface area contributed by atoms with Crippen LogP contribution in [0.1, 0.15) is 22.7 Å². The second-order valence-electron chi connectivity index (χ2n) is 5.22. The summed E-state index contributed by atoms with van der Waals surface area (Å²) in [5.41, 5.74) is 3.58. The molecule has 1 aromatic carbocycles. The van der Waals surface area contributed by atoms with E-state index >= 15 is 0 Å². The number of nitrogens with one attached hydrogen (secondary N) is 2. The molecule has 2 heterocycles. The van der Waals surface area contributed by atoms with Crippen molar-refractivity contribution < 1.29 is 9.15 Å². The lowest BCUT2D eigenvalue weighted by Gasteiger charge is -2.05. The average molecular weight is 296 g/mol. The van der Waals surface area contributed by atoms with Gasteiger partial charge in [0, 0.05) is 30.9 Å². The minimum Gasteiger partial charge on any atom is -0.497 e. The maximum atomic E-state index is 5.36. The number of furan rings is 1. The first kappa shape index (κ1) is 14.5. The topological polar surface area (TPSA) is 50.2 Å². The minimum atomic E-state index is 0.797. The third-order valence-corrected chi connectivity index (χ3v) is 3.56. The van der Waals surface area contributed by atoms with Gasteiger partial charge in [-0.3, -0.25) is 0 Å². The molecule has 114 valence electrons. The van der Waals surface area contributed by atoms with Crippen molar-refractivity contribution in [3.05, 3.63) is 77.5 Å². The van der Waals surface area contributed by atoms with E-state index in [1.165, 1.54) is 11.3 Å². The molecule has 0 aliphatic carbocycles. The number of ether oxygens (including phenoxy) is 1. The Labute approximate surface area is 130 Å². The molecular formula is C18H20N2O2. The summed E-state index contributed by atoms with van der Waals surface area (Å²) in [6.45, 7) is 1.64. The fourth-order valence-electron chi connectivity index (χ4n) is 2.38. The average Bonchev–Trinajstić information content (AvgIpc) is 3.21. The van der Waals surface area contributed by atoms with Crippen molar-refractivity contribution in [1.82, 2.24) is 10.3 Å². The molecule has 0 saturated heterocycles. The van der Waals surface area contributed by atoms with E-state index in [0.717, 1.165) is 36.7 Å². The summed E-state index contributed by atoms with van der Waals surface area (Å²) < 4.78 is 10.5. The normalized spacial score (nSPS) is 10.8. The maximum absolute atomic E-state index is 5.36. The molecule has 0 unspecified atom stereocenters. The number of aromatic amines is 1. The fourth-order valence-corrected chi connectivity index (χ4v) is 2.38. The van der Waals surface area contributed by atoms with Gasteiger partial charge in [0.1, 0.15) is 11.5 Å². The van der Waals surface area contributed by atoms with E-state index < -0.39 is 0 Å². The van der Waals surface area contributed by atoms with E-state index in [2.05, 4.69) is 34.6 Å². The van der Waals surface area contributed by atoms with Gasteiger partial charge in [0.15, 0.2) is 0 Å². The summed E-state index contributed by atoms with van der Waals surface area (Å²) in [5, 5.41) is 3.43. The molecular weight excluding hydrogens is 276 g/mol. The highest BCUT2D eigenvalue weighted by Crippen LogP contribution is 2.12. The zero-order valence-corrected chi connectivity index (χ0v) is 12.6. The number of aromatic nitrogens is 1. The number of methoxy groups -OCH3 is 1. The summed E-state index contributed by atoms with van der Waals surface area (Å²) in [6.07, 6.45) is 2.50. The van der Waals surface area contributed by atoms with Crippen LogP contribution in [0.25, 0.3) is 0 Å². The van der Waals surface area contributed by atoms with Gasteiger partial charge in [-0.25, -0.2) is 0 Å². The Hall–Kier alpha value is -2.46. The molecule has 2 N–H and O–H groups in total. The molecule has 0 radical (unpaired) electrons. The van der Waals surface area contributed by atoms with Gasteiger partial charge < -0.3 is 19.5 Å². The SMILES string of the molecule is COc1ccc(CNCc2ccc(Cc3ccco3)[nH]2)cc1. The van der Waals surface area contributed by atoms with Gasteiger partial charge in [-0.2, -0.15) is 0 Å². The molecule has 0 spiro atoms. The van der Waals surface area contributed by atoms with Gasteiger partial charge in [0.2, 0.25) is 0 Å². The van der Waals surface area contributed by atoms with Crippen LogP contribution in [-0.4, -0.2) is 12.1 Å². The van der Waals surface area contributed by atoms with Crippen LogP contribution in [0.15, 0.2) is 59.2 Å².